The molecule has 5 rings (SSSR count). The minimum Gasteiger partial charge on any atom is -0.489 e. The average molecular weight is 469 g/mol. The Hall–Kier alpha value is -3.07. The molecule has 3 aromatic rings. The number of piperidine rings is 1. The third kappa shape index (κ3) is 4.55. The topological polar surface area (TPSA) is 84.7 Å². The predicted octanol–water partition coefficient (Wildman–Crippen LogP) is 3.49. The number of sulfone groups is 1. The fourth-order valence-electron chi connectivity index (χ4n) is 4.60. The number of carbonyl (C=O) groups is 1. The number of aromatic nitrogens is 2. The van der Waals surface area contributed by atoms with Gasteiger partial charge in [0, 0.05) is 56.9 Å². The highest BCUT2D eigenvalue weighted by atomic mass is 32.2. The summed E-state index contributed by atoms with van der Waals surface area (Å²) in [6.45, 7) is 3.19. The predicted molar refractivity (Wildman–Crippen MR) is 126 cm³/mol. The van der Waals surface area contributed by atoms with Crippen molar-refractivity contribution in [3.05, 3.63) is 48.8 Å². The molecule has 1 aromatic carbocycles. The summed E-state index contributed by atoms with van der Waals surface area (Å²) in [4.78, 5) is 21.3. The molecule has 0 spiro atoms. The summed E-state index contributed by atoms with van der Waals surface area (Å²) in [5.41, 5.74) is 0.888. The number of ether oxygens (including phenoxy) is 1. The lowest BCUT2D eigenvalue weighted by Crippen LogP contribution is -2.47. The Kier molecular flexibility index (Phi) is 5.74. The smallest absolute Gasteiger partial charge is 0.320 e. The third-order valence-corrected chi connectivity index (χ3v) is 7.56. The number of likely N-dealkylation sites (tertiary alicyclic amines) is 2. The highest BCUT2D eigenvalue weighted by Gasteiger charge is 2.28. The van der Waals surface area contributed by atoms with E-state index in [0.717, 1.165) is 68.6 Å². The van der Waals surface area contributed by atoms with Crippen molar-refractivity contribution in [2.24, 2.45) is 0 Å². The first-order valence-electron chi connectivity index (χ1n) is 11.4. The van der Waals surface area contributed by atoms with Crippen LogP contribution in [0, 0.1) is 0 Å². The van der Waals surface area contributed by atoms with Gasteiger partial charge in [-0.05, 0) is 49.2 Å². The van der Waals surface area contributed by atoms with Crippen molar-refractivity contribution in [1.29, 1.82) is 0 Å². The quantitative estimate of drug-likeness (QED) is 0.585. The molecule has 9 heteroatoms. The molecule has 0 N–H and O–H groups in total. The lowest BCUT2D eigenvalue weighted by atomic mass is 10.1. The van der Waals surface area contributed by atoms with Crippen LogP contribution in [0.1, 0.15) is 25.7 Å². The van der Waals surface area contributed by atoms with Crippen LogP contribution in [0.5, 0.6) is 5.75 Å². The number of pyridine rings is 1. The van der Waals surface area contributed by atoms with Gasteiger partial charge < -0.3 is 19.1 Å². The fourth-order valence-corrected chi connectivity index (χ4v) is 5.26. The Labute approximate surface area is 193 Å². The normalized spacial score (nSPS) is 17.6. The maximum absolute atomic E-state index is 12.5. The molecule has 2 fully saturated rings. The van der Waals surface area contributed by atoms with E-state index in [1.165, 1.54) is 6.26 Å². The van der Waals surface area contributed by atoms with E-state index in [2.05, 4.69) is 4.98 Å². The molecular formula is C24H28N4O4S. The molecule has 174 valence electrons. The van der Waals surface area contributed by atoms with Gasteiger partial charge in [-0.15, -0.1) is 0 Å². The molecule has 2 amide bonds. The zero-order chi connectivity index (χ0) is 23.0. The van der Waals surface area contributed by atoms with Crippen LogP contribution in [0.4, 0.5) is 4.79 Å². The minimum absolute atomic E-state index is 0.0714. The van der Waals surface area contributed by atoms with Crippen molar-refractivity contribution >= 4 is 26.8 Å². The standard InChI is InChI=1S/C24H28N4O4S/c1-33(30,31)21-5-6-22-18(16-21)8-15-28(22)23-7-4-20(17-25-23)32-19-9-13-27(14-10-19)24(29)26-11-2-3-12-26/h4-8,15-17,19H,2-3,9-14H2,1H3. The summed E-state index contributed by atoms with van der Waals surface area (Å²) in [5, 5.41) is 0.843. The van der Waals surface area contributed by atoms with Gasteiger partial charge in [0.05, 0.1) is 16.6 Å². The molecule has 4 heterocycles. The lowest BCUT2D eigenvalue weighted by molar-refractivity contribution is 0.0979. The second-order valence-corrected chi connectivity index (χ2v) is 10.8. The molecule has 0 bridgehead atoms. The Morgan fingerprint density at radius 3 is 2.39 bits per heavy atom. The van der Waals surface area contributed by atoms with Gasteiger partial charge in [0.1, 0.15) is 17.7 Å². The van der Waals surface area contributed by atoms with Crippen molar-refractivity contribution in [3.63, 3.8) is 0 Å². The minimum atomic E-state index is -3.25. The highest BCUT2D eigenvalue weighted by molar-refractivity contribution is 7.90. The van der Waals surface area contributed by atoms with Crippen LogP contribution in [0.3, 0.4) is 0 Å². The van der Waals surface area contributed by atoms with Crippen LogP contribution in [-0.4, -0.2) is 72.3 Å². The molecule has 0 radical (unpaired) electrons. The Bertz CT molecular complexity index is 1260. The zero-order valence-electron chi connectivity index (χ0n) is 18.7. The number of amides is 2. The second kappa shape index (κ2) is 8.70. The van der Waals surface area contributed by atoms with Gasteiger partial charge in [0.15, 0.2) is 9.84 Å². The van der Waals surface area contributed by atoms with Gasteiger partial charge in [-0.3, -0.25) is 0 Å². The highest BCUT2D eigenvalue weighted by Crippen LogP contribution is 2.25. The van der Waals surface area contributed by atoms with E-state index >= 15 is 0 Å². The molecule has 0 aliphatic carbocycles. The summed E-state index contributed by atoms with van der Waals surface area (Å²) in [6.07, 6.45) is 8.71. The van der Waals surface area contributed by atoms with Crippen molar-refractivity contribution in [2.75, 3.05) is 32.4 Å². The molecule has 2 aliphatic rings. The molecule has 2 aromatic heterocycles. The monoisotopic (exact) mass is 468 g/mol. The van der Waals surface area contributed by atoms with Gasteiger partial charge in [0.25, 0.3) is 0 Å². The largest absolute Gasteiger partial charge is 0.489 e. The van der Waals surface area contributed by atoms with Crippen molar-refractivity contribution in [3.8, 4) is 11.6 Å². The number of urea groups is 1. The third-order valence-electron chi connectivity index (χ3n) is 6.45. The first kappa shape index (κ1) is 21.8. The number of nitrogens with zero attached hydrogens (tertiary/aromatic N) is 4. The van der Waals surface area contributed by atoms with E-state index in [-0.39, 0.29) is 12.1 Å². The van der Waals surface area contributed by atoms with E-state index in [0.29, 0.717) is 10.6 Å². The molecule has 0 saturated carbocycles. The molecule has 2 saturated heterocycles. The van der Waals surface area contributed by atoms with Crippen LogP contribution >= 0.6 is 0 Å². The van der Waals surface area contributed by atoms with E-state index < -0.39 is 9.84 Å². The van der Waals surface area contributed by atoms with Crippen LogP contribution in [0.25, 0.3) is 16.7 Å². The Balaban J connectivity index is 1.22. The van der Waals surface area contributed by atoms with Gasteiger partial charge in [-0.2, -0.15) is 0 Å². The number of fused-ring (bicyclic) bond motifs is 1. The van der Waals surface area contributed by atoms with Gasteiger partial charge >= 0.3 is 6.03 Å². The van der Waals surface area contributed by atoms with Crippen molar-refractivity contribution in [1.82, 2.24) is 19.4 Å². The van der Waals surface area contributed by atoms with Crippen LogP contribution in [-0.2, 0) is 9.84 Å². The fraction of sp³-hybridized carbons (Fsp3) is 0.417. The average Bonchev–Trinajstić information content (AvgIpc) is 3.49. The SMILES string of the molecule is CS(=O)(=O)c1ccc2c(ccn2-c2ccc(OC3CCN(C(=O)N4CCCC4)CC3)cn2)c1. The van der Waals surface area contributed by atoms with E-state index in [4.69, 9.17) is 4.74 Å². The van der Waals surface area contributed by atoms with Crippen molar-refractivity contribution in [2.45, 2.75) is 36.7 Å². The lowest BCUT2D eigenvalue weighted by Gasteiger charge is -2.34. The molecule has 0 unspecified atom stereocenters. The Morgan fingerprint density at radius 1 is 1.00 bits per heavy atom. The van der Waals surface area contributed by atoms with Crippen molar-refractivity contribution < 1.29 is 17.9 Å². The molecule has 0 atom stereocenters. The number of hydrogen-bond donors (Lipinski definition) is 0. The van der Waals surface area contributed by atoms with E-state index in [1.807, 2.05) is 38.8 Å². The Morgan fingerprint density at radius 2 is 1.73 bits per heavy atom. The molecule has 33 heavy (non-hydrogen) atoms. The van der Waals surface area contributed by atoms with Gasteiger partial charge in [-0.1, -0.05) is 0 Å². The summed E-state index contributed by atoms with van der Waals surface area (Å²) in [5.74, 6) is 1.44. The van der Waals surface area contributed by atoms with Crippen LogP contribution in [0.2, 0.25) is 0 Å². The van der Waals surface area contributed by atoms with Crippen LogP contribution < -0.4 is 4.74 Å². The number of benzene rings is 1. The zero-order valence-corrected chi connectivity index (χ0v) is 19.5. The summed E-state index contributed by atoms with van der Waals surface area (Å²) < 4.78 is 31.7. The van der Waals surface area contributed by atoms with Gasteiger partial charge in [-0.25, -0.2) is 18.2 Å². The number of hydrogen-bond acceptors (Lipinski definition) is 5. The molecule has 8 nitrogen and oxygen atoms in total. The number of rotatable bonds is 4. The first-order chi connectivity index (χ1) is 15.9. The summed E-state index contributed by atoms with van der Waals surface area (Å²) in [6, 6.07) is 10.9. The number of carbonyl (C=O) groups excluding carboxylic acids is 1. The van der Waals surface area contributed by atoms with Crippen LogP contribution in [0.15, 0.2) is 53.7 Å². The summed E-state index contributed by atoms with van der Waals surface area (Å²) >= 11 is 0. The van der Waals surface area contributed by atoms with E-state index in [1.54, 1.807) is 24.4 Å². The molecular weight excluding hydrogens is 440 g/mol. The maximum atomic E-state index is 12.5. The van der Waals surface area contributed by atoms with E-state index in [9.17, 15) is 13.2 Å². The van der Waals surface area contributed by atoms with Gasteiger partial charge in [0.2, 0.25) is 0 Å². The second-order valence-electron chi connectivity index (χ2n) is 8.81. The molecule has 2 aliphatic heterocycles. The first-order valence-corrected chi connectivity index (χ1v) is 13.3. The summed E-state index contributed by atoms with van der Waals surface area (Å²) in [7, 11) is -3.25. The maximum Gasteiger partial charge on any atom is 0.320 e.